The molecule has 6 heteroatoms. The normalized spacial score (nSPS) is 12.1. The van der Waals surface area contributed by atoms with Crippen molar-refractivity contribution in [1.29, 1.82) is 0 Å². The highest BCUT2D eigenvalue weighted by molar-refractivity contribution is 6.14. The third kappa shape index (κ3) is 1.94. The van der Waals surface area contributed by atoms with Crippen molar-refractivity contribution in [2.75, 3.05) is 0 Å². The summed E-state index contributed by atoms with van der Waals surface area (Å²) in [5, 5.41) is 2.08. The van der Waals surface area contributed by atoms with Crippen molar-refractivity contribution in [3.8, 4) is 0 Å². The van der Waals surface area contributed by atoms with Gasteiger partial charge in [0.1, 0.15) is 11.2 Å². The van der Waals surface area contributed by atoms with Crippen LogP contribution in [0.3, 0.4) is 0 Å². The summed E-state index contributed by atoms with van der Waals surface area (Å²) < 4.78 is 7.86. The minimum Gasteiger partial charge on any atom is -0.456 e. The van der Waals surface area contributed by atoms with Crippen LogP contribution in [0.4, 0.5) is 0 Å². The van der Waals surface area contributed by atoms with Gasteiger partial charge in [-0.05, 0) is 36.4 Å². The van der Waals surface area contributed by atoms with Gasteiger partial charge in [0.25, 0.3) is 0 Å². The van der Waals surface area contributed by atoms with Crippen LogP contribution in [0.2, 0.25) is 0 Å². The van der Waals surface area contributed by atoms with Crippen molar-refractivity contribution in [2.24, 2.45) is 0 Å². The predicted molar refractivity (Wildman–Crippen MR) is 125 cm³/mol. The first kappa shape index (κ1) is 17.1. The fourth-order valence-electron chi connectivity index (χ4n) is 4.83. The third-order valence-electron chi connectivity index (χ3n) is 6.21. The van der Waals surface area contributed by atoms with E-state index in [0.29, 0.717) is 43.9 Å². The van der Waals surface area contributed by atoms with Crippen molar-refractivity contribution >= 4 is 60.0 Å². The van der Waals surface area contributed by atoms with E-state index < -0.39 is 0 Å². The van der Waals surface area contributed by atoms with Crippen LogP contribution in [-0.2, 0) is 0 Å². The van der Waals surface area contributed by atoms with Gasteiger partial charge in [-0.25, -0.2) is 0 Å². The summed E-state index contributed by atoms with van der Waals surface area (Å²) in [6.07, 6.45) is 2.95. The zero-order chi connectivity index (χ0) is 21.6. The lowest BCUT2D eigenvalue weighted by Gasteiger charge is -2.14. The lowest BCUT2D eigenvalue weighted by atomic mass is 10.0. The Hall–Kier alpha value is -4.58. The van der Waals surface area contributed by atoms with E-state index in [2.05, 4.69) is 4.98 Å². The maximum Gasteiger partial charge on any atom is 0.201 e. The first-order valence-electron chi connectivity index (χ1n) is 10.1. The lowest BCUT2D eigenvalue weighted by molar-refractivity contribution is 0.660. The lowest BCUT2D eigenvalue weighted by Crippen LogP contribution is -2.16. The first-order chi connectivity index (χ1) is 15.6. The molecule has 0 aliphatic carbocycles. The SMILES string of the molecule is O=c1c2ccccc2n2c3ccc4oc5ccccc5c(=O)c4c3c(=O)c3cncc1c32. The van der Waals surface area contributed by atoms with Gasteiger partial charge in [0.05, 0.1) is 43.5 Å². The largest absolute Gasteiger partial charge is 0.456 e. The van der Waals surface area contributed by atoms with E-state index >= 15 is 0 Å². The molecule has 6 nitrogen and oxygen atoms in total. The highest BCUT2D eigenvalue weighted by Gasteiger charge is 2.20. The van der Waals surface area contributed by atoms with Gasteiger partial charge in [-0.3, -0.25) is 19.4 Å². The average Bonchev–Trinajstić information content (AvgIpc) is 2.83. The molecule has 150 valence electrons. The molecule has 0 amide bonds. The molecule has 0 aliphatic rings. The zero-order valence-corrected chi connectivity index (χ0v) is 16.5. The Morgan fingerprint density at radius 1 is 0.594 bits per heavy atom. The summed E-state index contributed by atoms with van der Waals surface area (Å²) in [5.74, 6) is 0. The van der Waals surface area contributed by atoms with Crippen molar-refractivity contribution in [1.82, 2.24) is 9.38 Å². The summed E-state index contributed by atoms with van der Waals surface area (Å²) in [5.41, 5.74) is 1.73. The summed E-state index contributed by atoms with van der Waals surface area (Å²) in [6.45, 7) is 0. The van der Waals surface area contributed by atoms with E-state index in [1.807, 2.05) is 16.5 Å². The van der Waals surface area contributed by atoms with Gasteiger partial charge in [0, 0.05) is 17.8 Å². The zero-order valence-electron chi connectivity index (χ0n) is 16.5. The van der Waals surface area contributed by atoms with Crippen molar-refractivity contribution in [3.05, 3.63) is 104 Å². The molecule has 4 heterocycles. The molecule has 32 heavy (non-hydrogen) atoms. The molecule has 0 unspecified atom stereocenters. The topological polar surface area (TPSA) is 81.7 Å². The first-order valence-corrected chi connectivity index (χ1v) is 10.1. The molecule has 0 saturated heterocycles. The maximum absolute atomic E-state index is 13.7. The Kier molecular flexibility index (Phi) is 3.09. The minimum atomic E-state index is -0.346. The molecule has 7 aromatic rings. The number of benzene rings is 3. The fourth-order valence-corrected chi connectivity index (χ4v) is 4.83. The van der Waals surface area contributed by atoms with Crippen LogP contribution in [0, 0.1) is 0 Å². The van der Waals surface area contributed by atoms with E-state index in [4.69, 9.17) is 4.42 Å². The standard InChI is InChI=1S/C26H12N2O4/c29-24-13-5-1-3-7-17(13)28-18-9-10-20-22(25(30)14-6-2-4-8-19(14)32-20)21(18)26(31)16-12-27-11-15(24)23(16)28/h1-12H. The summed E-state index contributed by atoms with van der Waals surface area (Å²) in [6, 6.07) is 17.7. The number of hydrogen-bond donors (Lipinski definition) is 0. The Morgan fingerprint density at radius 3 is 2.12 bits per heavy atom. The molecule has 0 atom stereocenters. The van der Waals surface area contributed by atoms with Crippen LogP contribution in [0.5, 0.6) is 0 Å². The van der Waals surface area contributed by atoms with Gasteiger partial charge in [-0.1, -0.05) is 24.3 Å². The molecule has 3 aromatic carbocycles. The number of pyridine rings is 3. The van der Waals surface area contributed by atoms with Crippen LogP contribution in [0.1, 0.15) is 0 Å². The van der Waals surface area contributed by atoms with Crippen LogP contribution in [0.15, 0.2) is 91.9 Å². The second-order valence-corrected chi connectivity index (χ2v) is 7.85. The average molecular weight is 416 g/mol. The Labute approximate surface area is 177 Å². The van der Waals surface area contributed by atoms with Gasteiger partial charge in [-0.15, -0.1) is 0 Å². The second-order valence-electron chi connectivity index (χ2n) is 7.85. The van der Waals surface area contributed by atoms with Crippen LogP contribution in [0.25, 0.3) is 60.0 Å². The molecular weight excluding hydrogens is 404 g/mol. The van der Waals surface area contributed by atoms with Gasteiger partial charge in [0.15, 0.2) is 10.9 Å². The highest BCUT2D eigenvalue weighted by atomic mass is 16.3. The second kappa shape index (κ2) is 5.76. The molecule has 0 radical (unpaired) electrons. The number of para-hydroxylation sites is 2. The fraction of sp³-hybridized carbons (Fsp3) is 0. The number of aromatic nitrogens is 2. The van der Waals surface area contributed by atoms with Crippen LogP contribution in [-0.4, -0.2) is 9.38 Å². The van der Waals surface area contributed by atoms with E-state index in [9.17, 15) is 14.4 Å². The molecule has 4 aromatic heterocycles. The van der Waals surface area contributed by atoms with E-state index in [-0.39, 0.29) is 32.4 Å². The molecular formula is C26H12N2O4. The van der Waals surface area contributed by atoms with Gasteiger partial charge in [-0.2, -0.15) is 0 Å². The molecule has 7 rings (SSSR count). The van der Waals surface area contributed by atoms with Gasteiger partial charge < -0.3 is 8.82 Å². The maximum atomic E-state index is 13.7. The molecule has 0 saturated carbocycles. The number of hydrogen-bond acceptors (Lipinski definition) is 5. The number of nitrogens with zero attached hydrogens (tertiary/aromatic N) is 2. The molecule has 0 bridgehead atoms. The summed E-state index contributed by atoms with van der Waals surface area (Å²) in [4.78, 5) is 44.5. The van der Waals surface area contributed by atoms with Crippen molar-refractivity contribution < 1.29 is 4.42 Å². The van der Waals surface area contributed by atoms with E-state index in [1.165, 1.54) is 12.4 Å². The monoisotopic (exact) mass is 416 g/mol. The summed E-state index contributed by atoms with van der Waals surface area (Å²) in [7, 11) is 0. The summed E-state index contributed by atoms with van der Waals surface area (Å²) >= 11 is 0. The molecule has 0 fully saturated rings. The number of fused-ring (bicyclic) bond motifs is 7. The molecule has 0 spiro atoms. The smallest absolute Gasteiger partial charge is 0.201 e. The van der Waals surface area contributed by atoms with Crippen molar-refractivity contribution in [2.45, 2.75) is 0 Å². The Bertz CT molecular complexity index is 2110. The Balaban J connectivity index is 1.92. The molecule has 0 aliphatic heterocycles. The minimum absolute atomic E-state index is 0.177. The molecule has 0 N–H and O–H groups in total. The third-order valence-corrected chi connectivity index (χ3v) is 6.21. The van der Waals surface area contributed by atoms with Crippen LogP contribution < -0.4 is 16.3 Å². The number of rotatable bonds is 0. The van der Waals surface area contributed by atoms with Crippen LogP contribution >= 0.6 is 0 Å². The van der Waals surface area contributed by atoms with Crippen molar-refractivity contribution in [3.63, 3.8) is 0 Å². The Morgan fingerprint density at radius 2 is 1.28 bits per heavy atom. The quantitative estimate of drug-likeness (QED) is 0.273. The predicted octanol–water partition coefficient (Wildman–Crippen LogP) is 4.21. The van der Waals surface area contributed by atoms with E-state index in [1.54, 1.807) is 48.5 Å². The van der Waals surface area contributed by atoms with Gasteiger partial charge in [0.2, 0.25) is 5.43 Å². The highest BCUT2D eigenvalue weighted by Crippen LogP contribution is 2.30. The van der Waals surface area contributed by atoms with Gasteiger partial charge >= 0.3 is 0 Å². The van der Waals surface area contributed by atoms with E-state index in [0.717, 1.165) is 0 Å².